The van der Waals surface area contributed by atoms with E-state index >= 15 is 0 Å². The molecule has 0 radical (unpaired) electrons. The molecule has 0 unspecified atom stereocenters. The number of hydrogen-bond donors (Lipinski definition) is 3. The molecule has 0 aliphatic rings. The quantitative estimate of drug-likeness (QED) is 0.309. The maximum atomic E-state index is 11.4. The molecule has 0 bridgehead atoms. The standard InChI is InChI=1S/C16H12N2O7S2.2Na.2H/c19-14-8-5-10-9-11(26(20,21)22)6-7-12(10)16(14)18-17-13-3-1-2-4-15(13)27(23,24)25;;;;/h1-9,19H,(H,20,21,22)(H,23,24,25);;;;/b18-17+;;;;. The molecule has 0 saturated carbocycles. The Kier molecular flexibility index (Phi) is 8.99. The van der Waals surface area contributed by atoms with Gasteiger partial charge in [-0.2, -0.15) is 16.8 Å². The van der Waals surface area contributed by atoms with E-state index in [0.717, 1.165) is 12.1 Å². The van der Waals surface area contributed by atoms with Crippen molar-refractivity contribution in [2.45, 2.75) is 9.79 Å². The average Bonchev–Trinajstić information content (AvgIpc) is 2.59. The van der Waals surface area contributed by atoms with Crippen LogP contribution in [0.1, 0.15) is 0 Å². The van der Waals surface area contributed by atoms with E-state index in [1.165, 1.54) is 42.5 Å². The number of fused-ring (bicyclic) bond motifs is 1. The van der Waals surface area contributed by atoms with Gasteiger partial charge in [0.25, 0.3) is 20.2 Å². The van der Waals surface area contributed by atoms with Crippen LogP contribution in [0.15, 0.2) is 74.6 Å². The molecule has 0 atom stereocenters. The molecule has 0 heterocycles. The summed E-state index contributed by atoms with van der Waals surface area (Å²) in [5.74, 6) is -0.282. The van der Waals surface area contributed by atoms with Gasteiger partial charge in [-0.15, -0.1) is 10.2 Å². The molecule has 3 N–H and O–H groups in total. The van der Waals surface area contributed by atoms with Crippen LogP contribution in [0.25, 0.3) is 10.8 Å². The first-order chi connectivity index (χ1) is 12.6. The molecule has 3 aromatic carbocycles. The fraction of sp³-hybridized carbons (Fsp3) is 0. The third-order valence-electron chi connectivity index (χ3n) is 3.64. The number of aromatic hydroxyl groups is 1. The van der Waals surface area contributed by atoms with Crippen LogP contribution in [-0.4, -0.2) is 90.2 Å². The minimum absolute atomic E-state index is 0. The Morgan fingerprint density at radius 3 is 2.03 bits per heavy atom. The molecule has 144 valence electrons. The number of phenolic OH excluding ortho intramolecular Hbond substituents is 1. The van der Waals surface area contributed by atoms with Crippen LogP contribution < -0.4 is 0 Å². The monoisotopic (exact) mass is 456 g/mol. The van der Waals surface area contributed by atoms with E-state index in [2.05, 4.69) is 10.2 Å². The molecule has 0 aliphatic heterocycles. The zero-order valence-corrected chi connectivity index (χ0v) is 15.0. The fourth-order valence-electron chi connectivity index (χ4n) is 2.41. The molecule has 0 aliphatic carbocycles. The molecule has 3 rings (SSSR count). The first-order valence-electron chi connectivity index (χ1n) is 7.29. The predicted octanol–water partition coefficient (Wildman–Crippen LogP) is 2.16. The van der Waals surface area contributed by atoms with Crippen molar-refractivity contribution in [3.8, 4) is 5.75 Å². The molecule has 0 spiro atoms. The Balaban J connectivity index is 0.00000210. The Hall–Kier alpha value is -0.860. The van der Waals surface area contributed by atoms with Gasteiger partial charge >= 0.3 is 59.1 Å². The summed E-state index contributed by atoms with van der Waals surface area (Å²) in [5.41, 5.74) is -0.189. The van der Waals surface area contributed by atoms with E-state index < -0.39 is 25.1 Å². The Morgan fingerprint density at radius 1 is 0.759 bits per heavy atom. The van der Waals surface area contributed by atoms with Crippen LogP contribution in [0.5, 0.6) is 5.75 Å². The Labute approximate surface area is 210 Å². The van der Waals surface area contributed by atoms with E-state index in [4.69, 9.17) is 4.55 Å². The summed E-state index contributed by atoms with van der Waals surface area (Å²) in [5, 5.41) is 18.4. The van der Waals surface area contributed by atoms with Crippen molar-refractivity contribution >= 4 is 101 Å². The summed E-state index contributed by atoms with van der Waals surface area (Å²) in [6.07, 6.45) is 0. The zero-order chi connectivity index (χ0) is 19.8. The van der Waals surface area contributed by atoms with Gasteiger partial charge in [-0.3, -0.25) is 9.11 Å². The van der Waals surface area contributed by atoms with Crippen LogP contribution in [0.3, 0.4) is 0 Å². The second-order valence-electron chi connectivity index (χ2n) is 5.43. The van der Waals surface area contributed by atoms with Gasteiger partial charge in [-0.05, 0) is 35.7 Å². The summed E-state index contributed by atoms with van der Waals surface area (Å²) in [4.78, 5) is -0.789. The molecule has 0 saturated heterocycles. The van der Waals surface area contributed by atoms with Gasteiger partial charge in [0.2, 0.25) is 0 Å². The summed E-state index contributed by atoms with van der Waals surface area (Å²) in [6.45, 7) is 0. The van der Waals surface area contributed by atoms with Crippen molar-refractivity contribution in [3.05, 3.63) is 54.6 Å². The summed E-state index contributed by atoms with van der Waals surface area (Å²) < 4.78 is 63.7. The molecule has 29 heavy (non-hydrogen) atoms. The minimum atomic E-state index is -4.52. The van der Waals surface area contributed by atoms with Crippen LogP contribution in [0.2, 0.25) is 0 Å². The first kappa shape index (κ1) is 26.2. The molecular formula is C16H14N2Na2O7S2. The van der Waals surface area contributed by atoms with Crippen molar-refractivity contribution in [1.82, 2.24) is 0 Å². The van der Waals surface area contributed by atoms with E-state index in [9.17, 15) is 26.5 Å². The number of rotatable bonds is 4. The Morgan fingerprint density at radius 2 is 1.41 bits per heavy atom. The second kappa shape index (κ2) is 9.96. The number of nitrogens with zero attached hydrogens (tertiary/aromatic N) is 2. The molecule has 13 heteroatoms. The van der Waals surface area contributed by atoms with Crippen molar-refractivity contribution in [2.24, 2.45) is 10.2 Å². The first-order valence-corrected chi connectivity index (χ1v) is 10.2. The average molecular weight is 456 g/mol. The van der Waals surface area contributed by atoms with Gasteiger partial charge < -0.3 is 5.11 Å². The van der Waals surface area contributed by atoms with Gasteiger partial charge in [0, 0.05) is 5.39 Å². The topological polar surface area (TPSA) is 154 Å². The normalized spacial score (nSPS) is 11.8. The fourth-order valence-corrected chi connectivity index (χ4v) is 3.55. The van der Waals surface area contributed by atoms with Crippen LogP contribution in [-0.2, 0) is 20.2 Å². The van der Waals surface area contributed by atoms with Crippen molar-refractivity contribution < 1.29 is 31.0 Å². The SMILES string of the molecule is O=S(=O)(O)c1ccc2c(/N=N/c3ccccc3S(=O)(=O)O)c(O)ccc2c1.[NaH].[NaH]. The van der Waals surface area contributed by atoms with E-state index in [-0.39, 0.29) is 81.1 Å². The number of hydrogen-bond acceptors (Lipinski definition) is 7. The van der Waals surface area contributed by atoms with Gasteiger partial charge in [0.1, 0.15) is 22.0 Å². The summed E-state index contributed by atoms with van der Waals surface area (Å²) in [7, 11) is -8.93. The predicted molar refractivity (Wildman–Crippen MR) is 110 cm³/mol. The maximum absolute atomic E-state index is 11.4. The molecular weight excluding hydrogens is 442 g/mol. The molecule has 0 fully saturated rings. The van der Waals surface area contributed by atoms with Crippen LogP contribution >= 0.6 is 0 Å². The number of phenols is 1. The third kappa shape index (κ3) is 6.07. The molecule has 3 aromatic rings. The molecule has 0 aromatic heterocycles. The van der Waals surface area contributed by atoms with Gasteiger partial charge in [-0.25, -0.2) is 0 Å². The van der Waals surface area contributed by atoms with Crippen LogP contribution in [0, 0.1) is 0 Å². The molecule has 0 amide bonds. The molecule has 9 nitrogen and oxygen atoms in total. The number of azo groups is 1. The summed E-state index contributed by atoms with van der Waals surface area (Å²) in [6, 6.07) is 11.7. The van der Waals surface area contributed by atoms with E-state index in [1.807, 2.05) is 0 Å². The Bertz CT molecular complexity index is 1290. The van der Waals surface area contributed by atoms with Crippen molar-refractivity contribution in [1.29, 1.82) is 0 Å². The van der Waals surface area contributed by atoms with Gasteiger partial charge in [0.05, 0.1) is 4.90 Å². The van der Waals surface area contributed by atoms with Crippen molar-refractivity contribution in [3.63, 3.8) is 0 Å². The second-order valence-corrected chi connectivity index (χ2v) is 8.25. The number of benzene rings is 3. The van der Waals surface area contributed by atoms with Gasteiger partial charge in [0.15, 0.2) is 0 Å². The zero-order valence-electron chi connectivity index (χ0n) is 13.4. The van der Waals surface area contributed by atoms with Crippen molar-refractivity contribution in [2.75, 3.05) is 0 Å². The van der Waals surface area contributed by atoms with E-state index in [1.54, 1.807) is 0 Å². The van der Waals surface area contributed by atoms with Crippen LogP contribution in [0.4, 0.5) is 11.4 Å². The van der Waals surface area contributed by atoms with Gasteiger partial charge in [-0.1, -0.05) is 24.3 Å². The summed E-state index contributed by atoms with van der Waals surface area (Å²) >= 11 is 0. The van der Waals surface area contributed by atoms with E-state index in [0.29, 0.717) is 10.8 Å². The third-order valence-corrected chi connectivity index (χ3v) is 5.39.